The molecule has 0 bridgehead atoms. The van der Waals surface area contributed by atoms with Crippen LogP contribution in [0.4, 0.5) is 5.82 Å². The van der Waals surface area contributed by atoms with E-state index in [2.05, 4.69) is 15.0 Å². The Labute approximate surface area is 135 Å². The van der Waals surface area contributed by atoms with E-state index < -0.39 is 35.5 Å². The monoisotopic (exact) mass is 336 g/mol. The average Bonchev–Trinajstić information content (AvgIpc) is 3.27. The quantitative estimate of drug-likeness (QED) is 0.430. The normalized spacial score (nSPS) is 31.5. The SMILES string of the molecule is Nc1ncnc2c1ncn2C1O[C@H](C(=O)[NH+]([O-])C2CC2)[C@@H](O)[C@H]1O. The van der Waals surface area contributed by atoms with Crippen molar-refractivity contribution in [1.82, 2.24) is 19.5 Å². The summed E-state index contributed by atoms with van der Waals surface area (Å²) in [6.45, 7) is 0. The number of nitrogens with one attached hydrogen (secondary N) is 1. The summed E-state index contributed by atoms with van der Waals surface area (Å²) in [6.07, 6.45) is -1.56. The molecule has 2 aromatic heterocycles. The van der Waals surface area contributed by atoms with Crippen LogP contribution in [0.15, 0.2) is 12.7 Å². The number of anilines is 1. The zero-order valence-corrected chi connectivity index (χ0v) is 12.4. The molecule has 24 heavy (non-hydrogen) atoms. The van der Waals surface area contributed by atoms with Crippen LogP contribution < -0.4 is 10.8 Å². The number of amides is 1. The third-order valence-electron chi connectivity index (χ3n) is 4.35. The van der Waals surface area contributed by atoms with Gasteiger partial charge in [-0.2, -0.15) is 0 Å². The summed E-state index contributed by atoms with van der Waals surface area (Å²) in [5, 5.41) is 31.7. The van der Waals surface area contributed by atoms with Gasteiger partial charge in [0, 0.05) is 12.8 Å². The van der Waals surface area contributed by atoms with E-state index in [9.17, 15) is 20.2 Å². The van der Waals surface area contributed by atoms with Gasteiger partial charge >= 0.3 is 5.91 Å². The van der Waals surface area contributed by atoms with Gasteiger partial charge < -0.3 is 31.0 Å². The van der Waals surface area contributed by atoms with Gasteiger partial charge in [0.05, 0.1) is 12.4 Å². The lowest BCUT2D eigenvalue weighted by atomic mass is 10.1. The lowest BCUT2D eigenvalue weighted by Gasteiger charge is -2.23. The molecule has 5 N–H and O–H groups in total. The van der Waals surface area contributed by atoms with Crippen LogP contribution >= 0.6 is 0 Å². The van der Waals surface area contributed by atoms with Crippen molar-refractivity contribution in [1.29, 1.82) is 0 Å². The number of hydrogen-bond donors (Lipinski definition) is 4. The molecule has 2 aromatic rings. The van der Waals surface area contributed by atoms with E-state index >= 15 is 0 Å². The van der Waals surface area contributed by atoms with Crippen molar-refractivity contribution in [2.24, 2.45) is 0 Å². The number of hydrogen-bond acceptors (Lipinski definition) is 9. The molecule has 0 aromatic carbocycles. The Morgan fingerprint density at radius 3 is 2.79 bits per heavy atom. The first kappa shape index (κ1) is 15.4. The Balaban J connectivity index is 1.64. The van der Waals surface area contributed by atoms with Gasteiger partial charge in [0.25, 0.3) is 0 Å². The fourth-order valence-corrected chi connectivity index (χ4v) is 2.85. The van der Waals surface area contributed by atoms with E-state index in [1.165, 1.54) is 17.2 Å². The largest absolute Gasteiger partial charge is 0.626 e. The smallest absolute Gasteiger partial charge is 0.344 e. The molecule has 128 valence electrons. The minimum atomic E-state index is -1.51. The molecule has 2 aliphatic rings. The molecule has 2 fully saturated rings. The molecule has 1 aliphatic carbocycles. The van der Waals surface area contributed by atoms with Crippen LogP contribution in [0.2, 0.25) is 0 Å². The molecule has 5 atom stereocenters. The fraction of sp³-hybridized carbons (Fsp3) is 0.538. The topological polar surface area (TPSA) is 164 Å². The number of imidazole rings is 1. The number of aliphatic hydroxyl groups excluding tert-OH is 2. The Morgan fingerprint density at radius 1 is 1.33 bits per heavy atom. The highest BCUT2D eigenvalue weighted by Gasteiger charge is 2.51. The van der Waals surface area contributed by atoms with Crippen LogP contribution in [0, 0.1) is 5.21 Å². The summed E-state index contributed by atoms with van der Waals surface area (Å²) in [4.78, 5) is 24.1. The number of carbonyl (C=O) groups is 1. The standard InChI is InChI=1S/C13H16N6O5/c14-10-6-11(16-3-15-10)18(4-17-6)13-8(21)7(20)9(24-13)12(22)19(23)5-1-2-5/h3-5,7-9,13,19-21H,1-2H2,(H2,14,15,16)/t7-,8+,9-,13?/m0/s1. The lowest BCUT2D eigenvalue weighted by Crippen LogP contribution is -3.13. The summed E-state index contributed by atoms with van der Waals surface area (Å²) in [5.74, 6) is -0.659. The number of carbonyl (C=O) groups excluding carboxylic acids is 1. The second-order valence-electron chi connectivity index (χ2n) is 6.01. The van der Waals surface area contributed by atoms with E-state index in [0.29, 0.717) is 24.0 Å². The zero-order chi connectivity index (χ0) is 17.0. The van der Waals surface area contributed by atoms with Crippen LogP contribution in [0.5, 0.6) is 0 Å². The summed E-state index contributed by atoms with van der Waals surface area (Å²) < 4.78 is 6.85. The number of nitrogen functional groups attached to an aromatic ring is 1. The highest BCUT2D eigenvalue weighted by molar-refractivity contribution is 5.81. The van der Waals surface area contributed by atoms with Gasteiger partial charge in [-0.05, 0) is 0 Å². The van der Waals surface area contributed by atoms with Gasteiger partial charge in [-0.15, -0.1) is 0 Å². The maximum Gasteiger partial charge on any atom is 0.344 e. The van der Waals surface area contributed by atoms with E-state index in [1.807, 2.05) is 0 Å². The predicted molar refractivity (Wildman–Crippen MR) is 78.0 cm³/mol. The van der Waals surface area contributed by atoms with Crippen molar-refractivity contribution < 1.29 is 24.8 Å². The zero-order valence-electron chi connectivity index (χ0n) is 12.4. The molecular formula is C13H16N6O5. The minimum Gasteiger partial charge on any atom is -0.626 e. The van der Waals surface area contributed by atoms with Crippen LogP contribution in [-0.2, 0) is 9.53 Å². The molecule has 0 radical (unpaired) electrons. The second kappa shape index (κ2) is 5.43. The molecular weight excluding hydrogens is 320 g/mol. The highest BCUT2D eigenvalue weighted by atomic mass is 16.6. The lowest BCUT2D eigenvalue weighted by molar-refractivity contribution is -0.780. The molecule has 1 aliphatic heterocycles. The Kier molecular flexibility index (Phi) is 3.47. The third kappa shape index (κ3) is 2.25. The first-order valence-corrected chi connectivity index (χ1v) is 7.51. The fourth-order valence-electron chi connectivity index (χ4n) is 2.85. The molecule has 4 rings (SSSR count). The average molecular weight is 336 g/mol. The molecule has 11 nitrogen and oxygen atoms in total. The van der Waals surface area contributed by atoms with Gasteiger partial charge in [-0.3, -0.25) is 4.57 Å². The Bertz CT molecular complexity index is 792. The van der Waals surface area contributed by atoms with E-state index in [0.717, 1.165) is 0 Å². The van der Waals surface area contributed by atoms with E-state index in [1.54, 1.807) is 0 Å². The first-order chi connectivity index (χ1) is 11.5. The first-order valence-electron chi connectivity index (χ1n) is 7.51. The summed E-state index contributed by atoms with van der Waals surface area (Å²) in [7, 11) is 0. The number of hydroxylamine groups is 2. The Hall–Kier alpha value is -2.18. The van der Waals surface area contributed by atoms with E-state index in [-0.39, 0.29) is 11.9 Å². The van der Waals surface area contributed by atoms with Crippen molar-refractivity contribution in [2.75, 3.05) is 5.73 Å². The maximum absolute atomic E-state index is 12.2. The van der Waals surface area contributed by atoms with Crippen LogP contribution in [0.25, 0.3) is 11.2 Å². The number of aromatic nitrogens is 4. The second-order valence-corrected chi connectivity index (χ2v) is 6.01. The van der Waals surface area contributed by atoms with Crippen molar-refractivity contribution in [3.05, 3.63) is 17.9 Å². The number of nitrogens with zero attached hydrogens (tertiary/aromatic N) is 4. The summed E-state index contributed by atoms with van der Waals surface area (Å²) in [6, 6.07) is -0.286. The van der Waals surface area contributed by atoms with Crippen molar-refractivity contribution >= 4 is 22.9 Å². The van der Waals surface area contributed by atoms with Crippen molar-refractivity contribution in [2.45, 2.75) is 43.4 Å². The van der Waals surface area contributed by atoms with Crippen molar-refractivity contribution in [3.63, 3.8) is 0 Å². The van der Waals surface area contributed by atoms with Gasteiger partial charge in [0.1, 0.15) is 24.1 Å². The number of rotatable bonds is 3. The summed E-state index contributed by atoms with van der Waals surface area (Å²) in [5.41, 5.74) is 6.31. The highest BCUT2D eigenvalue weighted by Crippen LogP contribution is 2.32. The molecule has 1 saturated carbocycles. The molecule has 2 unspecified atom stereocenters. The number of aliphatic hydroxyl groups is 2. The van der Waals surface area contributed by atoms with Crippen LogP contribution in [0.1, 0.15) is 19.1 Å². The number of ether oxygens (including phenoxy) is 1. The van der Waals surface area contributed by atoms with Crippen LogP contribution in [-0.4, -0.2) is 60.0 Å². The Morgan fingerprint density at radius 2 is 2.08 bits per heavy atom. The minimum absolute atomic E-state index is 0.156. The van der Waals surface area contributed by atoms with Gasteiger partial charge in [-0.25, -0.2) is 19.7 Å². The van der Waals surface area contributed by atoms with E-state index in [4.69, 9.17) is 10.5 Å². The van der Waals surface area contributed by atoms with Gasteiger partial charge in [-0.1, -0.05) is 0 Å². The third-order valence-corrected chi connectivity index (χ3v) is 4.35. The number of nitrogens with two attached hydrogens (primary N) is 1. The molecule has 3 heterocycles. The number of quaternary nitrogens is 1. The molecule has 11 heteroatoms. The molecule has 0 spiro atoms. The predicted octanol–water partition coefficient (Wildman–Crippen LogP) is -2.90. The van der Waals surface area contributed by atoms with Gasteiger partial charge in [0.2, 0.25) is 6.10 Å². The molecule has 1 amide bonds. The van der Waals surface area contributed by atoms with Crippen LogP contribution in [0.3, 0.4) is 0 Å². The maximum atomic E-state index is 12.2. The number of fused-ring (bicyclic) bond motifs is 1. The van der Waals surface area contributed by atoms with Crippen molar-refractivity contribution in [3.8, 4) is 0 Å². The van der Waals surface area contributed by atoms with Gasteiger partial charge in [0.15, 0.2) is 17.7 Å². The summed E-state index contributed by atoms with van der Waals surface area (Å²) >= 11 is 0. The molecule has 1 saturated heterocycles.